The SMILES string of the molecule is CC1(C)C(/C=C/C2=C(N(c3ccccc3)c3ccccc3)C(=C/C=C3/N(CCCCS(=O)(=O)O)c4ccc(Cl)cc4C3(C)C)/CC2)=[N+](CCCCS(=O)(=O)[O-])c2ccc(Cl)cc21. The Morgan fingerprint density at radius 3 is 1.98 bits per heavy atom. The summed E-state index contributed by atoms with van der Waals surface area (Å²) in [6, 6.07) is 32.5. The maximum atomic E-state index is 11.6. The minimum absolute atomic E-state index is 0.266. The summed E-state index contributed by atoms with van der Waals surface area (Å²) in [6.07, 6.45) is 12.0. The Labute approximate surface area is 376 Å². The summed E-state index contributed by atoms with van der Waals surface area (Å²) in [5, 5.41) is 1.28. The zero-order chi connectivity index (χ0) is 44.5. The van der Waals surface area contributed by atoms with Gasteiger partial charge in [-0.1, -0.05) is 85.6 Å². The zero-order valence-electron chi connectivity index (χ0n) is 35.5. The minimum Gasteiger partial charge on any atom is -0.748 e. The number of hydrogen-bond acceptors (Lipinski definition) is 7. The van der Waals surface area contributed by atoms with Crippen LogP contribution in [0.4, 0.5) is 22.7 Å². The van der Waals surface area contributed by atoms with Gasteiger partial charge in [0.05, 0.1) is 27.0 Å². The van der Waals surface area contributed by atoms with E-state index in [2.05, 4.69) is 90.6 Å². The number of fused-ring (bicyclic) bond motifs is 2. The third-order valence-corrected chi connectivity index (χ3v) is 14.2. The van der Waals surface area contributed by atoms with Gasteiger partial charge in [0.2, 0.25) is 5.69 Å². The van der Waals surface area contributed by atoms with Crippen LogP contribution in [0.1, 0.15) is 77.3 Å². The van der Waals surface area contributed by atoms with Gasteiger partial charge in [-0.05, 0) is 123 Å². The quantitative estimate of drug-likeness (QED) is 0.0670. The van der Waals surface area contributed by atoms with E-state index in [1.807, 2.05) is 72.8 Å². The van der Waals surface area contributed by atoms with Crippen LogP contribution in [0.5, 0.6) is 0 Å². The van der Waals surface area contributed by atoms with Gasteiger partial charge in [-0.3, -0.25) is 4.55 Å². The van der Waals surface area contributed by atoms with Gasteiger partial charge < -0.3 is 14.4 Å². The molecule has 3 aliphatic rings. The summed E-state index contributed by atoms with van der Waals surface area (Å²) in [4.78, 5) is 4.57. The van der Waals surface area contributed by atoms with E-state index in [1.54, 1.807) is 0 Å². The predicted molar refractivity (Wildman–Crippen MR) is 252 cm³/mol. The fourth-order valence-corrected chi connectivity index (χ4v) is 10.6. The first-order chi connectivity index (χ1) is 29.3. The highest BCUT2D eigenvalue weighted by atomic mass is 35.5. The number of allylic oxidation sites excluding steroid dienone is 7. The average Bonchev–Trinajstić information content (AvgIpc) is 3.77. The third-order valence-electron chi connectivity index (χ3n) is 12.2. The predicted octanol–water partition coefficient (Wildman–Crippen LogP) is 11.4. The highest BCUT2D eigenvalue weighted by Gasteiger charge is 2.45. The minimum atomic E-state index is -4.32. The maximum absolute atomic E-state index is 11.6. The van der Waals surface area contributed by atoms with E-state index in [4.69, 9.17) is 23.2 Å². The van der Waals surface area contributed by atoms with Crippen molar-refractivity contribution < 1.29 is 30.5 Å². The van der Waals surface area contributed by atoms with E-state index in [9.17, 15) is 25.9 Å². The van der Waals surface area contributed by atoms with Crippen LogP contribution in [0, 0.1) is 0 Å². The molecule has 0 amide bonds. The molecule has 0 fully saturated rings. The molecule has 4 aromatic carbocycles. The first-order valence-corrected chi connectivity index (χ1v) is 24.9. The van der Waals surface area contributed by atoms with Gasteiger partial charge in [0, 0.05) is 74.6 Å². The summed E-state index contributed by atoms with van der Waals surface area (Å²) in [6.45, 7) is 9.81. The lowest BCUT2D eigenvalue weighted by Crippen LogP contribution is -2.28. The molecule has 1 N–H and O–H groups in total. The molecule has 0 aromatic heterocycles. The van der Waals surface area contributed by atoms with Crippen LogP contribution < -0.4 is 9.80 Å². The molecule has 0 saturated heterocycles. The van der Waals surface area contributed by atoms with Crippen molar-refractivity contribution in [3.8, 4) is 0 Å². The van der Waals surface area contributed by atoms with E-state index < -0.39 is 36.8 Å². The number of anilines is 3. The molecule has 62 heavy (non-hydrogen) atoms. The van der Waals surface area contributed by atoms with Gasteiger partial charge in [-0.25, -0.2) is 8.42 Å². The Morgan fingerprint density at radius 2 is 1.35 bits per heavy atom. The van der Waals surface area contributed by atoms with E-state index in [0.717, 1.165) is 75.0 Å². The number of unbranched alkanes of at least 4 members (excludes halogenated alkanes) is 2. The van der Waals surface area contributed by atoms with Crippen LogP contribution in [0.3, 0.4) is 0 Å². The smallest absolute Gasteiger partial charge is 0.264 e. The van der Waals surface area contributed by atoms with Crippen molar-refractivity contribution in [2.24, 2.45) is 0 Å². The Hall–Kier alpha value is -4.49. The molecule has 0 unspecified atom stereocenters. The summed E-state index contributed by atoms with van der Waals surface area (Å²) in [7, 11) is -8.39. The maximum Gasteiger partial charge on any atom is 0.264 e. The van der Waals surface area contributed by atoms with Gasteiger partial charge in [-0.2, -0.15) is 13.0 Å². The molecule has 0 atom stereocenters. The lowest BCUT2D eigenvalue weighted by atomic mass is 9.81. The topological polar surface area (TPSA) is 121 Å². The molecule has 13 heteroatoms. The van der Waals surface area contributed by atoms with Gasteiger partial charge >= 0.3 is 0 Å². The van der Waals surface area contributed by atoms with E-state index in [0.29, 0.717) is 42.4 Å². The molecule has 0 spiro atoms. The number of benzene rings is 4. The normalized spacial score (nSPS) is 18.4. The summed E-state index contributed by atoms with van der Waals surface area (Å²) < 4.78 is 69.2. The summed E-state index contributed by atoms with van der Waals surface area (Å²) >= 11 is 13.1. The van der Waals surface area contributed by atoms with Gasteiger partial charge in [-0.15, -0.1) is 0 Å². The van der Waals surface area contributed by atoms with Gasteiger partial charge in [0.15, 0.2) is 5.71 Å². The largest absolute Gasteiger partial charge is 0.748 e. The number of rotatable bonds is 16. The highest BCUT2D eigenvalue weighted by molar-refractivity contribution is 7.85. The van der Waals surface area contributed by atoms with Crippen LogP contribution in [0.15, 0.2) is 144 Å². The van der Waals surface area contributed by atoms with Crippen molar-refractivity contribution in [1.29, 1.82) is 0 Å². The molecule has 2 aliphatic heterocycles. The van der Waals surface area contributed by atoms with Crippen LogP contribution in [0.2, 0.25) is 10.0 Å². The lowest BCUT2D eigenvalue weighted by molar-refractivity contribution is -0.438. The van der Waals surface area contributed by atoms with Crippen molar-refractivity contribution >= 4 is 71.9 Å². The molecule has 0 radical (unpaired) electrons. The molecular weight excluding hydrogens is 862 g/mol. The molecule has 326 valence electrons. The van der Waals surface area contributed by atoms with Crippen molar-refractivity contribution in [2.45, 2.75) is 77.0 Å². The number of para-hydroxylation sites is 2. The second-order valence-corrected chi connectivity index (χ2v) is 21.1. The fourth-order valence-electron chi connectivity index (χ4n) is 9.12. The fraction of sp³-hybridized carbons (Fsp3) is 0.327. The van der Waals surface area contributed by atoms with Crippen LogP contribution in [-0.2, 0) is 31.1 Å². The Bertz CT molecular complexity index is 2690. The second-order valence-electron chi connectivity index (χ2n) is 17.2. The van der Waals surface area contributed by atoms with Crippen molar-refractivity contribution in [3.63, 3.8) is 0 Å². The number of hydrogen-bond donors (Lipinski definition) is 1. The highest BCUT2D eigenvalue weighted by Crippen LogP contribution is 2.50. The van der Waals surface area contributed by atoms with Gasteiger partial charge in [0.1, 0.15) is 6.54 Å². The molecule has 1 aliphatic carbocycles. The molecule has 0 bridgehead atoms. The van der Waals surface area contributed by atoms with Crippen molar-refractivity contribution in [2.75, 3.05) is 34.4 Å². The van der Waals surface area contributed by atoms with E-state index in [1.165, 1.54) is 0 Å². The Kier molecular flexibility index (Phi) is 13.4. The molecule has 7 rings (SSSR count). The summed E-state index contributed by atoms with van der Waals surface area (Å²) in [5.74, 6) is -0.693. The van der Waals surface area contributed by atoms with Crippen LogP contribution >= 0.6 is 23.2 Å². The standard InChI is InChI=1S/C49H53Cl2N3O6S2/c1-48(2)41-33-37(50)23-25-43(41)52(29-11-13-31-61(55,56)57)45(48)27-21-35-19-20-36(47(35)54(39-15-7-5-8-16-39)40-17-9-6-10-18-40)22-28-46-49(3,4)42-34-38(51)24-26-44(42)53(46)30-12-14-32-62(58,59)60/h5-10,15-18,21-28,33-34H,11-14,19-20,29-32H2,1-4H3,(H-,55,56,57,58,59,60). The van der Waals surface area contributed by atoms with E-state index >= 15 is 0 Å². The Balaban J connectivity index is 1.36. The molecule has 4 aromatic rings. The molecule has 0 saturated carbocycles. The van der Waals surface area contributed by atoms with Crippen molar-refractivity contribution in [1.82, 2.24) is 0 Å². The third kappa shape index (κ3) is 9.99. The van der Waals surface area contributed by atoms with Crippen LogP contribution in [-0.4, -0.2) is 60.8 Å². The average molecular weight is 915 g/mol. The zero-order valence-corrected chi connectivity index (χ0v) is 38.7. The second kappa shape index (κ2) is 18.3. The molecule has 9 nitrogen and oxygen atoms in total. The Morgan fingerprint density at radius 1 is 0.742 bits per heavy atom. The van der Waals surface area contributed by atoms with Crippen molar-refractivity contribution in [3.05, 3.63) is 165 Å². The lowest BCUT2D eigenvalue weighted by Gasteiger charge is -2.29. The summed E-state index contributed by atoms with van der Waals surface area (Å²) in [5.41, 5.74) is 10.8. The molecular formula is C49H53Cl2N3O6S2. The monoisotopic (exact) mass is 913 g/mol. The van der Waals surface area contributed by atoms with Gasteiger partial charge in [0.25, 0.3) is 10.1 Å². The number of halogens is 2. The number of nitrogens with zero attached hydrogens (tertiary/aromatic N) is 3. The molecule has 2 heterocycles. The first-order valence-electron chi connectivity index (χ1n) is 21.0. The van der Waals surface area contributed by atoms with E-state index in [-0.39, 0.29) is 12.2 Å². The van der Waals surface area contributed by atoms with Crippen LogP contribution in [0.25, 0.3) is 0 Å². The first kappa shape index (κ1) is 45.5.